The number of ether oxygens (including phenoxy) is 1. The summed E-state index contributed by atoms with van der Waals surface area (Å²) >= 11 is 0. The van der Waals surface area contributed by atoms with Gasteiger partial charge >= 0.3 is 5.97 Å². The van der Waals surface area contributed by atoms with E-state index < -0.39 is 18.2 Å². The lowest BCUT2D eigenvalue weighted by Gasteiger charge is -2.24. The number of allylic oxidation sites excluding steroid dienone is 2. The third-order valence-electron chi connectivity index (χ3n) is 12.8. The molecule has 0 radical (unpaired) electrons. The van der Waals surface area contributed by atoms with Gasteiger partial charge in [0.2, 0.25) is 5.91 Å². The molecule has 0 heterocycles. The summed E-state index contributed by atoms with van der Waals surface area (Å²) in [5, 5.41) is 23.8. The normalized spacial score (nSPS) is 13.2. The number of hydrogen-bond acceptors (Lipinski definition) is 5. The molecule has 0 aromatic rings. The van der Waals surface area contributed by atoms with Crippen molar-refractivity contribution in [3.05, 3.63) is 12.2 Å². The highest BCUT2D eigenvalue weighted by Crippen LogP contribution is 2.19. The highest BCUT2D eigenvalue weighted by atomic mass is 16.5. The Morgan fingerprint density at radius 1 is 0.459 bits per heavy atom. The van der Waals surface area contributed by atoms with E-state index >= 15 is 0 Å². The molecule has 3 unspecified atom stereocenters. The van der Waals surface area contributed by atoms with Crippen molar-refractivity contribution in [1.82, 2.24) is 5.32 Å². The van der Waals surface area contributed by atoms with Crippen molar-refractivity contribution in [2.75, 3.05) is 6.61 Å². The predicted octanol–water partition coefficient (Wildman–Crippen LogP) is 16.5. The highest BCUT2D eigenvalue weighted by molar-refractivity contribution is 5.77. The van der Waals surface area contributed by atoms with E-state index in [0.29, 0.717) is 19.3 Å². The van der Waals surface area contributed by atoms with Gasteiger partial charge < -0.3 is 20.3 Å². The van der Waals surface area contributed by atoms with Crippen molar-refractivity contribution in [2.24, 2.45) is 0 Å². The predicted molar refractivity (Wildman–Crippen MR) is 264 cm³/mol. The van der Waals surface area contributed by atoms with Crippen LogP contribution in [0.4, 0.5) is 0 Å². The number of amides is 1. The molecule has 0 rings (SSSR count). The second kappa shape index (κ2) is 49.6. The first-order chi connectivity index (χ1) is 30.0. The zero-order valence-corrected chi connectivity index (χ0v) is 41.3. The Morgan fingerprint density at radius 2 is 0.787 bits per heavy atom. The van der Waals surface area contributed by atoms with Crippen molar-refractivity contribution in [1.29, 1.82) is 0 Å². The quantitative estimate of drug-likeness (QED) is 0.0322. The Morgan fingerprint density at radius 3 is 1.18 bits per heavy atom. The summed E-state index contributed by atoms with van der Waals surface area (Å²) in [5.74, 6) is -0.459. The monoisotopic (exact) mass is 862 g/mol. The van der Waals surface area contributed by atoms with Crippen LogP contribution in [0.1, 0.15) is 303 Å². The molecule has 0 saturated carbocycles. The lowest BCUT2D eigenvalue weighted by atomic mass is 10.0. The summed E-state index contributed by atoms with van der Waals surface area (Å²) < 4.78 is 5.95. The molecule has 3 atom stereocenters. The van der Waals surface area contributed by atoms with E-state index in [2.05, 4.69) is 38.2 Å². The molecule has 0 fully saturated rings. The number of rotatable bonds is 50. The number of esters is 1. The van der Waals surface area contributed by atoms with Gasteiger partial charge in [-0.1, -0.05) is 251 Å². The van der Waals surface area contributed by atoms with Crippen molar-refractivity contribution in [3.8, 4) is 0 Å². The molecule has 0 aromatic carbocycles. The summed E-state index contributed by atoms with van der Waals surface area (Å²) in [6.07, 6.45) is 55.5. The van der Waals surface area contributed by atoms with E-state index in [0.717, 1.165) is 44.9 Å². The molecule has 1 amide bonds. The van der Waals surface area contributed by atoms with Gasteiger partial charge in [-0.2, -0.15) is 0 Å². The lowest BCUT2D eigenvalue weighted by molar-refractivity contribution is -0.151. The highest BCUT2D eigenvalue weighted by Gasteiger charge is 2.24. The van der Waals surface area contributed by atoms with Crippen LogP contribution in [-0.2, 0) is 14.3 Å². The van der Waals surface area contributed by atoms with Crippen LogP contribution >= 0.6 is 0 Å². The summed E-state index contributed by atoms with van der Waals surface area (Å²) in [4.78, 5) is 26.2. The van der Waals surface area contributed by atoms with Gasteiger partial charge in [-0.25, -0.2) is 0 Å². The first-order valence-corrected chi connectivity index (χ1v) is 27.4. The van der Waals surface area contributed by atoms with E-state index in [1.54, 1.807) is 0 Å². The molecular weight excluding hydrogens is 755 g/mol. The average molecular weight is 862 g/mol. The van der Waals surface area contributed by atoms with Crippen LogP contribution in [0.15, 0.2) is 12.2 Å². The van der Waals surface area contributed by atoms with E-state index in [9.17, 15) is 19.8 Å². The molecule has 6 nitrogen and oxygen atoms in total. The third kappa shape index (κ3) is 45.0. The van der Waals surface area contributed by atoms with Crippen LogP contribution in [0.2, 0.25) is 0 Å². The van der Waals surface area contributed by atoms with Crippen molar-refractivity contribution in [3.63, 3.8) is 0 Å². The number of carbonyl (C=O) groups is 2. The van der Waals surface area contributed by atoms with Gasteiger partial charge in [-0.05, 0) is 51.4 Å². The Balaban J connectivity index is 4.48. The molecule has 3 N–H and O–H groups in total. The minimum absolute atomic E-state index is 0.0833. The molecular formula is C55H107NO5. The molecule has 0 aliphatic carbocycles. The molecule has 0 bridgehead atoms. The minimum Gasteiger partial charge on any atom is -0.462 e. The SMILES string of the molecule is CCCCCC/C=C\CCCCCCCCCC(=O)OC(CCCCCCCCCCCCCC)CC(=O)NC(CO)C(O)CCCCCCCCCCCCCCCCC. The van der Waals surface area contributed by atoms with Crippen molar-refractivity contribution < 1.29 is 24.5 Å². The molecule has 0 aromatic heterocycles. The Bertz CT molecular complexity index is 924. The zero-order valence-electron chi connectivity index (χ0n) is 41.3. The van der Waals surface area contributed by atoms with Gasteiger partial charge in [-0.15, -0.1) is 0 Å². The van der Waals surface area contributed by atoms with Gasteiger partial charge in [-0.3, -0.25) is 9.59 Å². The number of aliphatic hydroxyl groups is 2. The molecule has 0 aliphatic rings. The second-order valence-corrected chi connectivity index (χ2v) is 19.0. The fourth-order valence-corrected chi connectivity index (χ4v) is 8.66. The maximum Gasteiger partial charge on any atom is 0.306 e. The second-order valence-electron chi connectivity index (χ2n) is 19.0. The number of carbonyl (C=O) groups excluding carboxylic acids is 2. The van der Waals surface area contributed by atoms with Gasteiger partial charge in [0.25, 0.3) is 0 Å². The Hall–Kier alpha value is -1.40. The number of aliphatic hydroxyl groups excluding tert-OH is 2. The van der Waals surface area contributed by atoms with Crippen LogP contribution < -0.4 is 5.32 Å². The van der Waals surface area contributed by atoms with Gasteiger partial charge in [0.05, 0.1) is 25.2 Å². The molecule has 0 spiro atoms. The van der Waals surface area contributed by atoms with Crippen molar-refractivity contribution >= 4 is 11.9 Å². The Labute approximate surface area is 380 Å². The van der Waals surface area contributed by atoms with Crippen LogP contribution in [0, 0.1) is 0 Å². The van der Waals surface area contributed by atoms with Crippen LogP contribution in [0.3, 0.4) is 0 Å². The lowest BCUT2D eigenvalue weighted by Crippen LogP contribution is -2.46. The number of nitrogens with one attached hydrogen (secondary N) is 1. The Kier molecular flexibility index (Phi) is 48.5. The molecule has 0 aliphatic heterocycles. The van der Waals surface area contributed by atoms with Gasteiger partial charge in [0.1, 0.15) is 6.10 Å². The topological polar surface area (TPSA) is 95.9 Å². The fraction of sp³-hybridized carbons (Fsp3) is 0.927. The first kappa shape index (κ1) is 59.6. The maximum atomic E-state index is 13.2. The maximum absolute atomic E-state index is 13.2. The van der Waals surface area contributed by atoms with Crippen molar-refractivity contribution in [2.45, 2.75) is 322 Å². The summed E-state index contributed by atoms with van der Waals surface area (Å²) in [6.45, 7) is 6.50. The smallest absolute Gasteiger partial charge is 0.306 e. The zero-order chi connectivity index (χ0) is 44.5. The number of hydrogen-bond donors (Lipinski definition) is 3. The summed E-state index contributed by atoms with van der Waals surface area (Å²) in [6, 6.07) is -0.695. The first-order valence-electron chi connectivity index (χ1n) is 27.4. The molecule has 61 heavy (non-hydrogen) atoms. The van der Waals surface area contributed by atoms with Gasteiger partial charge in [0, 0.05) is 6.42 Å². The van der Waals surface area contributed by atoms with E-state index in [4.69, 9.17) is 4.74 Å². The standard InChI is InChI=1S/C55H107NO5/c1-4-7-10-13-16-19-22-25-27-29-32-35-38-41-44-47-53(58)52(50-57)56-54(59)49-51(46-43-40-37-34-31-24-21-18-15-12-9-6-3)61-55(60)48-45-42-39-36-33-30-28-26-23-20-17-14-11-8-5-2/h20,23,51-53,57-58H,4-19,21-22,24-50H2,1-3H3,(H,56,59)/b23-20-. The summed E-state index contributed by atoms with van der Waals surface area (Å²) in [7, 11) is 0. The average Bonchev–Trinajstić information content (AvgIpc) is 3.25. The van der Waals surface area contributed by atoms with E-state index in [-0.39, 0.29) is 24.9 Å². The number of unbranched alkanes of at least 4 members (excludes halogenated alkanes) is 36. The summed E-state index contributed by atoms with van der Waals surface area (Å²) in [5.41, 5.74) is 0. The van der Waals surface area contributed by atoms with Gasteiger partial charge in [0.15, 0.2) is 0 Å². The van der Waals surface area contributed by atoms with Crippen LogP contribution in [0.25, 0.3) is 0 Å². The van der Waals surface area contributed by atoms with E-state index in [1.165, 1.54) is 212 Å². The molecule has 362 valence electrons. The fourth-order valence-electron chi connectivity index (χ4n) is 8.66. The third-order valence-corrected chi connectivity index (χ3v) is 12.8. The van der Waals surface area contributed by atoms with Crippen LogP contribution in [0.5, 0.6) is 0 Å². The molecule has 6 heteroatoms. The molecule has 0 saturated heterocycles. The minimum atomic E-state index is -0.782. The van der Waals surface area contributed by atoms with Crippen LogP contribution in [-0.4, -0.2) is 46.9 Å². The van der Waals surface area contributed by atoms with E-state index in [1.807, 2.05) is 0 Å². The largest absolute Gasteiger partial charge is 0.462 e.